The molecule has 1 aliphatic carbocycles. The number of benzene rings is 2. The van der Waals surface area contributed by atoms with Gasteiger partial charge in [0.05, 0.1) is 22.4 Å². The molecule has 2 N–H and O–H groups in total. The fourth-order valence-electron chi connectivity index (χ4n) is 2.28. The Morgan fingerprint density at radius 3 is 2.54 bits per heavy atom. The second-order valence-corrected chi connectivity index (χ2v) is 7.37. The van der Waals surface area contributed by atoms with E-state index >= 15 is 0 Å². The Morgan fingerprint density at radius 1 is 1.12 bits per heavy atom. The van der Waals surface area contributed by atoms with Crippen LogP contribution in [-0.4, -0.2) is 9.46 Å². The molecule has 1 atom stereocenters. The van der Waals surface area contributed by atoms with Gasteiger partial charge >= 0.3 is 0 Å². The van der Waals surface area contributed by atoms with E-state index in [1.165, 1.54) is 18.2 Å². The summed E-state index contributed by atoms with van der Waals surface area (Å²) in [7, 11) is -1.20. The normalized spacial score (nSPS) is 15.3. The lowest BCUT2D eigenvalue weighted by atomic mass is 10.1. The highest BCUT2D eigenvalue weighted by atomic mass is 32.2. The largest absolute Gasteiger partial charge is 0.350 e. The Morgan fingerprint density at radius 2 is 1.88 bits per heavy atom. The van der Waals surface area contributed by atoms with Gasteiger partial charge in [-0.25, -0.2) is 22.1 Å². The van der Waals surface area contributed by atoms with Gasteiger partial charge in [-0.05, 0) is 49.1 Å². The molecule has 3 rings (SSSR count). The van der Waals surface area contributed by atoms with Crippen molar-refractivity contribution in [1.82, 2.24) is 4.72 Å². The van der Waals surface area contributed by atoms with Gasteiger partial charge in [-0.2, -0.15) is 0 Å². The SMILES string of the molecule is Cc1ccc(Nc2c(CNS(=O)C3CC3)ccc(F)c2F)c(F)c1. The highest BCUT2D eigenvalue weighted by Gasteiger charge is 2.28. The third-order valence-electron chi connectivity index (χ3n) is 3.80. The van der Waals surface area contributed by atoms with Gasteiger partial charge in [-0.15, -0.1) is 0 Å². The molecule has 1 aliphatic rings. The second-order valence-electron chi connectivity index (χ2n) is 5.82. The molecule has 3 nitrogen and oxygen atoms in total. The molecule has 0 amide bonds. The standard InChI is InChI=1S/C17H17F3N2OS/c1-10-2-7-15(14(19)8-10)22-17-11(3-6-13(18)16(17)20)9-21-24(23)12-4-5-12/h2-3,6-8,12,21-22H,4-5,9H2,1H3. The van der Waals surface area contributed by atoms with E-state index in [0.29, 0.717) is 5.56 Å². The monoisotopic (exact) mass is 354 g/mol. The van der Waals surface area contributed by atoms with Crippen molar-refractivity contribution in [2.75, 3.05) is 5.32 Å². The molecule has 0 bridgehead atoms. The molecular formula is C17H17F3N2OS. The summed E-state index contributed by atoms with van der Waals surface area (Å²) < 4.78 is 56.4. The van der Waals surface area contributed by atoms with Gasteiger partial charge in [-0.3, -0.25) is 0 Å². The molecule has 0 radical (unpaired) electrons. The molecule has 1 fully saturated rings. The summed E-state index contributed by atoms with van der Waals surface area (Å²) in [5.74, 6) is -2.68. The van der Waals surface area contributed by atoms with Crippen LogP contribution in [0.25, 0.3) is 0 Å². The Balaban J connectivity index is 1.86. The fraction of sp³-hybridized carbons (Fsp3) is 0.294. The van der Waals surface area contributed by atoms with Gasteiger partial charge in [0.15, 0.2) is 11.6 Å². The van der Waals surface area contributed by atoms with Crippen LogP contribution in [0.1, 0.15) is 24.0 Å². The predicted molar refractivity (Wildman–Crippen MR) is 88.8 cm³/mol. The molecule has 1 unspecified atom stereocenters. The van der Waals surface area contributed by atoms with Crippen molar-refractivity contribution in [3.05, 3.63) is 58.9 Å². The van der Waals surface area contributed by atoms with Crippen molar-refractivity contribution in [2.24, 2.45) is 0 Å². The topological polar surface area (TPSA) is 41.1 Å². The number of hydrogen-bond acceptors (Lipinski definition) is 2. The number of anilines is 2. The van der Waals surface area contributed by atoms with Gasteiger partial charge in [0.1, 0.15) is 5.82 Å². The molecule has 0 aromatic heterocycles. The van der Waals surface area contributed by atoms with Crippen LogP contribution in [0.2, 0.25) is 0 Å². The Hall–Kier alpha value is -1.86. The van der Waals surface area contributed by atoms with E-state index in [9.17, 15) is 17.4 Å². The third-order valence-corrected chi connectivity index (χ3v) is 5.30. The quantitative estimate of drug-likeness (QED) is 0.821. The lowest BCUT2D eigenvalue weighted by molar-refractivity contribution is 0.510. The van der Waals surface area contributed by atoms with Crippen LogP contribution < -0.4 is 10.0 Å². The van der Waals surface area contributed by atoms with Gasteiger partial charge in [0.25, 0.3) is 0 Å². The van der Waals surface area contributed by atoms with Crippen LogP contribution in [0.5, 0.6) is 0 Å². The first kappa shape index (κ1) is 17.0. The zero-order valence-electron chi connectivity index (χ0n) is 13.0. The number of aryl methyl sites for hydroxylation is 1. The summed E-state index contributed by atoms with van der Waals surface area (Å²) >= 11 is 0. The van der Waals surface area contributed by atoms with Gasteiger partial charge in [0.2, 0.25) is 0 Å². The zero-order chi connectivity index (χ0) is 17.3. The summed E-state index contributed by atoms with van der Waals surface area (Å²) in [5.41, 5.74) is 0.995. The summed E-state index contributed by atoms with van der Waals surface area (Å²) in [4.78, 5) is 0. The van der Waals surface area contributed by atoms with Gasteiger partial charge in [-0.1, -0.05) is 12.1 Å². The predicted octanol–water partition coefficient (Wildman–Crippen LogP) is 4.07. The molecule has 0 saturated heterocycles. The minimum Gasteiger partial charge on any atom is -0.350 e. The molecule has 0 aliphatic heterocycles. The Bertz CT molecular complexity index is 794. The highest BCUT2D eigenvalue weighted by molar-refractivity contribution is 7.83. The highest BCUT2D eigenvalue weighted by Crippen LogP contribution is 2.29. The molecular weight excluding hydrogens is 337 g/mol. The van der Waals surface area contributed by atoms with Crippen molar-refractivity contribution in [2.45, 2.75) is 31.6 Å². The number of hydrogen-bond donors (Lipinski definition) is 2. The Labute approximate surface area is 140 Å². The molecule has 2 aromatic rings. The lowest BCUT2D eigenvalue weighted by Crippen LogP contribution is -2.21. The maximum atomic E-state index is 14.2. The molecule has 2 aromatic carbocycles. The fourth-order valence-corrected chi connectivity index (χ4v) is 3.38. The molecule has 1 saturated carbocycles. The van der Waals surface area contributed by atoms with E-state index < -0.39 is 28.4 Å². The third kappa shape index (κ3) is 3.79. The smallest absolute Gasteiger partial charge is 0.182 e. The van der Waals surface area contributed by atoms with Crippen molar-refractivity contribution < 1.29 is 17.4 Å². The van der Waals surface area contributed by atoms with E-state index in [0.717, 1.165) is 24.5 Å². The maximum Gasteiger partial charge on any atom is 0.182 e. The van der Waals surface area contributed by atoms with Crippen molar-refractivity contribution in [1.29, 1.82) is 0 Å². The Kier molecular flexibility index (Phi) is 4.91. The number of nitrogens with one attached hydrogen (secondary N) is 2. The summed E-state index contributed by atoms with van der Waals surface area (Å²) in [5, 5.41) is 2.74. The van der Waals surface area contributed by atoms with E-state index in [2.05, 4.69) is 10.0 Å². The van der Waals surface area contributed by atoms with Gasteiger partial charge < -0.3 is 5.32 Å². The van der Waals surface area contributed by atoms with Crippen LogP contribution in [0.15, 0.2) is 30.3 Å². The lowest BCUT2D eigenvalue weighted by Gasteiger charge is -2.15. The van der Waals surface area contributed by atoms with E-state index in [1.807, 2.05) is 0 Å². The maximum absolute atomic E-state index is 14.2. The average Bonchev–Trinajstić information content (AvgIpc) is 3.38. The van der Waals surface area contributed by atoms with Crippen molar-refractivity contribution in [3.63, 3.8) is 0 Å². The van der Waals surface area contributed by atoms with Crippen LogP contribution in [0, 0.1) is 24.4 Å². The second kappa shape index (κ2) is 6.94. The summed E-state index contributed by atoms with van der Waals surface area (Å²) in [6.07, 6.45) is 1.80. The molecule has 128 valence electrons. The number of halogens is 3. The minimum absolute atomic E-state index is 0.0506. The van der Waals surface area contributed by atoms with Gasteiger partial charge in [0, 0.05) is 11.8 Å². The first-order valence-electron chi connectivity index (χ1n) is 7.60. The molecule has 0 heterocycles. The first-order valence-corrected chi connectivity index (χ1v) is 8.81. The van der Waals surface area contributed by atoms with Crippen LogP contribution in [0.3, 0.4) is 0 Å². The van der Waals surface area contributed by atoms with Crippen molar-refractivity contribution in [3.8, 4) is 0 Å². The number of rotatable bonds is 6. The van der Waals surface area contributed by atoms with E-state index in [1.54, 1.807) is 13.0 Å². The van der Waals surface area contributed by atoms with Crippen molar-refractivity contribution >= 4 is 22.4 Å². The molecule has 0 spiro atoms. The summed E-state index contributed by atoms with van der Waals surface area (Å²) in [6, 6.07) is 6.84. The van der Waals surface area contributed by atoms with Crippen LogP contribution >= 0.6 is 0 Å². The van der Waals surface area contributed by atoms with Crippen LogP contribution in [0.4, 0.5) is 24.5 Å². The zero-order valence-corrected chi connectivity index (χ0v) is 13.9. The first-order chi connectivity index (χ1) is 11.5. The van der Waals surface area contributed by atoms with Crippen LogP contribution in [-0.2, 0) is 17.5 Å². The average molecular weight is 354 g/mol. The van der Waals surface area contributed by atoms with E-state index in [-0.39, 0.29) is 23.2 Å². The molecule has 7 heteroatoms. The summed E-state index contributed by atoms with van der Waals surface area (Å²) in [6.45, 7) is 1.83. The van der Waals surface area contributed by atoms with E-state index in [4.69, 9.17) is 0 Å². The molecule has 24 heavy (non-hydrogen) atoms. The minimum atomic E-state index is -1.20.